The van der Waals surface area contributed by atoms with Crippen LogP contribution in [0.4, 0.5) is 0 Å². The molecule has 0 bridgehead atoms. The monoisotopic (exact) mass is 256 g/mol. The summed E-state index contributed by atoms with van der Waals surface area (Å²) in [5.74, 6) is -0.290. The molecule has 106 valence electrons. The van der Waals surface area contributed by atoms with Crippen molar-refractivity contribution in [2.45, 2.75) is 84.0 Å². The molecule has 0 fully saturated rings. The summed E-state index contributed by atoms with van der Waals surface area (Å²) in [6, 6.07) is 0. The lowest BCUT2D eigenvalue weighted by Crippen LogP contribution is -1.97. The molecule has 0 aromatic carbocycles. The van der Waals surface area contributed by atoms with Gasteiger partial charge in [-0.2, -0.15) is 0 Å². The van der Waals surface area contributed by atoms with Crippen molar-refractivity contribution >= 4 is 11.8 Å². The molecular formula is C15H28O3. The zero-order chi connectivity index (χ0) is 13.6. The van der Waals surface area contributed by atoms with Gasteiger partial charge in [0.2, 0.25) is 0 Å². The van der Waals surface area contributed by atoms with Crippen LogP contribution < -0.4 is 0 Å². The summed E-state index contributed by atoms with van der Waals surface area (Å²) < 4.78 is 0. The van der Waals surface area contributed by atoms with Crippen LogP contribution in [0.3, 0.4) is 0 Å². The number of carboxylic acids is 1. The maximum atomic E-state index is 11.5. The SMILES string of the molecule is CCCCCC(=O)CCCCCCCCC(=O)O. The smallest absolute Gasteiger partial charge is 0.303 e. The summed E-state index contributed by atoms with van der Waals surface area (Å²) in [6.07, 6.45) is 11.3. The Bertz CT molecular complexity index is 224. The topological polar surface area (TPSA) is 54.4 Å². The average Bonchev–Trinajstić information content (AvgIpc) is 2.32. The Balaban J connectivity index is 3.15. The first-order chi connectivity index (χ1) is 8.66. The van der Waals surface area contributed by atoms with Crippen LogP contribution in [-0.2, 0) is 9.59 Å². The number of unbranched alkanes of at least 4 members (excludes halogenated alkanes) is 7. The second-order valence-corrected chi connectivity index (χ2v) is 5.01. The highest BCUT2D eigenvalue weighted by Gasteiger charge is 2.01. The van der Waals surface area contributed by atoms with E-state index >= 15 is 0 Å². The first kappa shape index (κ1) is 17.1. The fraction of sp³-hybridized carbons (Fsp3) is 0.867. The molecule has 0 atom stereocenters. The van der Waals surface area contributed by atoms with Crippen LogP contribution in [0.1, 0.15) is 84.0 Å². The maximum absolute atomic E-state index is 11.5. The fourth-order valence-corrected chi connectivity index (χ4v) is 2.00. The van der Waals surface area contributed by atoms with Crippen molar-refractivity contribution in [2.24, 2.45) is 0 Å². The van der Waals surface area contributed by atoms with E-state index in [9.17, 15) is 9.59 Å². The zero-order valence-corrected chi connectivity index (χ0v) is 11.7. The van der Waals surface area contributed by atoms with E-state index < -0.39 is 5.97 Å². The minimum Gasteiger partial charge on any atom is -0.481 e. The van der Waals surface area contributed by atoms with Crippen LogP contribution in [0, 0.1) is 0 Å². The maximum Gasteiger partial charge on any atom is 0.303 e. The van der Waals surface area contributed by atoms with Crippen molar-refractivity contribution in [1.29, 1.82) is 0 Å². The summed E-state index contributed by atoms with van der Waals surface area (Å²) in [7, 11) is 0. The zero-order valence-electron chi connectivity index (χ0n) is 11.7. The second-order valence-electron chi connectivity index (χ2n) is 5.01. The molecule has 1 N–H and O–H groups in total. The predicted molar refractivity (Wildman–Crippen MR) is 73.7 cm³/mol. The molecule has 0 amide bonds. The highest BCUT2D eigenvalue weighted by atomic mass is 16.4. The molecule has 0 aliphatic carbocycles. The minimum atomic E-state index is -0.701. The van der Waals surface area contributed by atoms with E-state index in [4.69, 9.17) is 5.11 Å². The van der Waals surface area contributed by atoms with Crippen LogP contribution in [-0.4, -0.2) is 16.9 Å². The Hall–Kier alpha value is -0.860. The molecule has 0 unspecified atom stereocenters. The standard InChI is InChI=1S/C15H28O3/c1-2-3-8-11-14(16)12-9-6-4-5-7-10-13-15(17)18/h2-13H2,1H3,(H,17,18). The summed E-state index contributed by atoms with van der Waals surface area (Å²) in [4.78, 5) is 21.7. The normalized spacial score (nSPS) is 10.5. The highest BCUT2D eigenvalue weighted by molar-refractivity contribution is 5.78. The largest absolute Gasteiger partial charge is 0.481 e. The molecule has 0 saturated carbocycles. The van der Waals surface area contributed by atoms with Gasteiger partial charge in [-0.15, -0.1) is 0 Å². The fourth-order valence-electron chi connectivity index (χ4n) is 2.00. The predicted octanol–water partition coefficient (Wildman–Crippen LogP) is 4.34. The summed E-state index contributed by atoms with van der Waals surface area (Å²) in [5.41, 5.74) is 0. The molecule has 0 radical (unpaired) electrons. The van der Waals surface area contributed by atoms with Crippen LogP contribution in [0.2, 0.25) is 0 Å². The summed E-state index contributed by atoms with van der Waals surface area (Å²) in [5, 5.41) is 8.47. The van der Waals surface area contributed by atoms with Gasteiger partial charge >= 0.3 is 5.97 Å². The Kier molecular flexibility index (Phi) is 12.0. The van der Waals surface area contributed by atoms with Gasteiger partial charge < -0.3 is 5.11 Å². The third-order valence-corrected chi connectivity index (χ3v) is 3.16. The highest BCUT2D eigenvalue weighted by Crippen LogP contribution is 2.10. The second kappa shape index (κ2) is 12.6. The molecule has 3 heteroatoms. The number of Topliss-reactive ketones (excluding diaryl/α,β-unsaturated/α-hetero) is 1. The lowest BCUT2D eigenvalue weighted by atomic mass is 10.0. The van der Waals surface area contributed by atoms with Gasteiger partial charge in [0, 0.05) is 19.3 Å². The number of hydrogen-bond acceptors (Lipinski definition) is 2. The van der Waals surface area contributed by atoms with Crippen molar-refractivity contribution in [1.82, 2.24) is 0 Å². The Morgan fingerprint density at radius 3 is 1.67 bits per heavy atom. The Morgan fingerprint density at radius 1 is 0.722 bits per heavy atom. The third kappa shape index (κ3) is 13.2. The van der Waals surface area contributed by atoms with Gasteiger partial charge in [0.15, 0.2) is 0 Å². The van der Waals surface area contributed by atoms with Crippen molar-refractivity contribution in [2.75, 3.05) is 0 Å². The van der Waals surface area contributed by atoms with E-state index in [0.29, 0.717) is 5.78 Å². The average molecular weight is 256 g/mol. The summed E-state index contributed by atoms with van der Waals surface area (Å²) in [6.45, 7) is 2.15. The van der Waals surface area contributed by atoms with Gasteiger partial charge in [-0.3, -0.25) is 9.59 Å². The third-order valence-electron chi connectivity index (χ3n) is 3.16. The molecule has 0 saturated heterocycles. The molecule has 0 spiro atoms. The van der Waals surface area contributed by atoms with Crippen LogP contribution in [0.5, 0.6) is 0 Å². The number of carbonyl (C=O) groups is 2. The quantitative estimate of drug-likeness (QED) is 0.499. The Labute approximate surface area is 111 Å². The van der Waals surface area contributed by atoms with Gasteiger partial charge in [0.25, 0.3) is 0 Å². The molecule has 3 nitrogen and oxygen atoms in total. The number of hydrogen-bond donors (Lipinski definition) is 1. The minimum absolute atomic E-state index is 0.288. The van der Waals surface area contributed by atoms with E-state index in [1.54, 1.807) is 0 Å². The molecule has 0 aliphatic heterocycles. The van der Waals surface area contributed by atoms with Crippen molar-refractivity contribution in [3.63, 3.8) is 0 Å². The molecule has 0 heterocycles. The van der Waals surface area contributed by atoms with Gasteiger partial charge in [-0.05, 0) is 19.3 Å². The summed E-state index contributed by atoms with van der Waals surface area (Å²) >= 11 is 0. The van der Waals surface area contributed by atoms with Gasteiger partial charge in [0.05, 0.1) is 0 Å². The number of carboxylic acid groups (broad SMARTS) is 1. The molecule has 0 rings (SSSR count). The van der Waals surface area contributed by atoms with E-state index in [0.717, 1.165) is 64.2 Å². The molecule has 0 aliphatic rings. The molecular weight excluding hydrogens is 228 g/mol. The van der Waals surface area contributed by atoms with Crippen LogP contribution in [0.15, 0.2) is 0 Å². The van der Waals surface area contributed by atoms with Crippen molar-refractivity contribution in [3.05, 3.63) is 0 Å². The lowest BCUT2D eigenvalue weighted by Gasteiger charge is -2.01. The van der Waals surface area contributed by atoms with E-state index in [-0.39, 0.29) is 6.42 Å². The van der Waals surface area contributed by atoms with Crippen LogP contribution >= 0.6 is 0 Å². The van der Waals surface area contributed by atoms with Crippen LogP contribution in [0.25, 0.3) is 0 Å². The van der Waals surface area contributed by atoms with Crippen molar-refractivity contribution in [3.8, 4) is 0 Å². The number of ketones is 1. The van der Waals surface area contributed by atoms with E-state index in [1.807, 2.05) is 0 Å². The first-order valence-electron chi connectivity index (χ1n) is 7.40. The van der Waals surface area contributed by atoms with E-state index in [1.165, 1.54) is 6.42 Å². The first-order valence-corrected chi connectivity index (χ1v) is 7.40. The lowest BCUT2D eigenvalue weighted by molar-refractivity contribution is -0.137. The van der Waals surface area contributed by atoms with Gasteiger partial charge in [-0.1, -0.05) is 45.4 Å². The molecule has 0 aromatic rings. The van der Waals surface area contributed by atoms with Gasteiger partial charge in [-0.25, -0.2) is 0 Å². The Morgan fingerprint density at radius 2 is 1.17 bits per heavy atom. The van der Waals surface area contributed by atoms with Crippen molar-refractivity contribution < 1.29 is 14.7 Å². The van der Waals surface area contributed by atoms with Gasteiger partial charge in [0.1, 0.15) is 5.78 Å². The molecule has 0 aromatic heterocycles. The number of aliphatic carboxylic acids is 1. The number of carbonyl (C=O) groups excluding carboxylic acids is 1. The van der Waals surface area contributed by atoms with E-state index in [2.05, 4.69) is 6.92 Å². The molecule has 18 heavy (non-hydrogen) atoms. The number of rotatable bonds is 13.